The number of carbonyl (C=O) groups excluding carboxylic acids is 4. The molecule has 1 unspecified atom stereocenters. The van der Waals surface area contributed by atoms with E-state index < -0.39 is 35.5 Å². The summed E-state index contributed by atoms with van der Waals surface area (Å²) in [4.78, 5) is 69.9. The molecule has 262 valence electrons. The molecule has 13 heteroatoms. The number of carboxylic acid groups (broad SMARTS) is 1. The summed E-state index contributed by atoms with van der Waals surface area (Å²) in [6.07, 6.45) is 2.06. The maximum Gasteiger partial charge on any atom is 0.405 e. The number of nitrogens with zero attached hydrogens (tertiary/aromatic N) is 3. The molecule has 0 radical (unpaired) electrons. The van der Waals surface area contributed by atoms with Gasteiger partial charge in [-0.05, 0) is 79.8 Å². The molecule has 2 aliphatic heterocycles. The lowest BCUT2D eigenvalue weighted by atomic mass is 9.94. The molecule has 2 aliphatic rings. The largest absolute Gasteiger partial charge is 0.465 e. The summed E-state index contributed by atoms with van der Waals surface area (Å²) in [7, 11) is 0. The molecule has 4 heterocycles. The number of para-hydroxylation sites is 2. The van der Waals surface area contributed by atoms with Gasteiger partial charge in [0.25, 0.3) is 0 Å². The summed E-state index contributed by atoms with van der Waals surface area (Å²) in [6.45, 7) is 7.77. The van der Waals surface area contributed by atoms with Gasteiger partial charge in [0.05, 0.1) is 17.9 Å². The second-order valence-electron chi connectivity index (χ2n) is 13.7. The standard InChI is InChI=1S/C37H42N6O6S/c1-22(2)42-20-25(26-10-5-6-11-29(26)42)18-27(39-35(47)37(3,4)40-36(48)49)33(45)38-28-17-24-9-7-12-30(41-15-8-13-31(41)44)32(24)43(34(28)46)19-23-14-16-50-21-23/h5-7,9-12,14,16,20-22,27-28,40H,8,13,15,17-19H2,1-4H3,(H,38,45)(H,39,47)(H,48,49)/t27-,28?/m1/s1. The van der Waals surface area contributed by atoms with Gasteiger partial charge in [-0.1, -0.05) is 30.3 Å². The van der Waals surface area contributed by atoms with Crippen LogP contribution in [0.25, 0.3) is 10.9 Å². The molecular weight excluding hydrogens is 657 g/mol. The van der Waals surface area contributed by atoms with Crippen LogP contribution in [0.15, 0.2) is 65.5 Å². The maximum atomic E-state index is 14.4. The Bertz CT molecular complexity index is 1950. The van der Waals surface area contributed by atoms with Gasteiger partial charge in [-0.3, -0.25) is 19.2 Å². The Labute approximate surface area is 294 Å². The fourth-order valence-corrected chi connectivity index (χ4v) is 7.51. The van der Waals surface area contributed by atoms with Gasteiger partial charge in [0.15, 0.2) is 0 Å². The number of aromatic nitrogens is 1. The van der Waals surface area contributed by atoms with E-state index in [0.717, 1.165) is 34.0 Å². The number of thiophene rings is 1. The van der Waals surface area contributed by atoms with E-state index in [4.69, 9.17) is 0 Å². The molecule has 0 saturated carbocycles. The van der Waals surface area contributed by atoms with Gasteiger partial charge >= 0.3 is 6.09 Å². The van der Waals surface area contributed by atoms with Gasteiger partial charge in [-0.15, -0.1) is 0 Å². The van der Waals surface area contributed by atoms with Crippen LogP contribution in [-0.4, -0.2) is 63.6 Å². The fourth-order valence-electron chi connectivity index (χ4n) is 6.85. The third kappa shape index (κ3) is 6.95. The van der Waals surface area contributed by atoms with Crippen molar-refractivity contribution in [2.24, 2.45) is 0 Å². The first-order chi connectivity index (χ1) is 23.8. The number of anilines is 2. The van der Waals surface area contributed by atoms with Gasteiger partial charge in [-0.2, -0.15) is 11.3 Å². The summed E-state index contributed by atoms with van der Waals surface area (Å²) < 4.78 is 2.10. The number of carbonyl (C=O) groups is 5. The summed E-state index contributed by atoms with van der Waals surface area (Å²) >= 11 is 1.52. The Kier molecular flexibility index (Phi) is 9.70. The van der Waals surface area contributed by atoms with Gasteiger partial charge in [0.2, 0.25) is 23.6 Å². The molecule has 2 atom stereocenters. The van der Waals surface area contributed by atoms with E-state index in [0.29, 0.717) is 24.3 Å². The second-order valence-corrected chi connectivity index (χ2v) is 14.5. The topological polar surface area (TPSA) is 153 Å². The van der Waals surface area contributed by atoms with Crippen LogP contribution in [0.4, 0.5) is 16.2 Å². The first-order valence-electron chi connectivity index (χ1n) is 16.8. The first kappa shape index (κ1) is 34.7. The molecule has 4 N–H and O–H groups in total. The van der Waals surface area contributed by atoms with E-state index in [9.17, 15) is 29.1 Å². The lowest BCUT2D eigenvalue weighted by Crippen LogP contribution is -2.61. The number of hydrogen-bond donors (Lipinski definition) is 4. The highest BCUT2D eigenvalue weighted by Gasteiger charge is 2.40. The average Bonchev–Trinajstić information content (AvgIpc) is 3.82. The Balaban J connectivity index is 1.34. The van der Waals surface area contributed by atoms with Crippen LogP contribution in [0.3, 0.4) is 0 Å². The van der Waals surface area contributed by atoms with Crippen molar-refractivity contribution in [2.45, 2.75) is 83.6 Å². The monoisotopic (exact) mass is 698 g/mol. The number of amides is 5. The molecule has 1 saturated heterocycles. The third-order valence-electron chi connectivity index (χ3n) is 9.37. The van der Waals surface area contributed by atoms with E-state index in [1.807, 2.05) is 65.5 Å². The van der Waals surface area contributed by atoms with Gasteiger partial charge in [0.1, 0.15) is 17.6 Å². The summed E-state index contributed by atoms with van der Waals surface area (Å²) in [6, 6.07) is 13.4. The number of benzene rings is 2. The molecule has 0 aliphatic carbocycles. The number of fused-ring (bicyclic) bond motifs is 2. The lowest BCUT2D eigenvalue weighted by molar-refractivity contribution is -0.133. The third-order valence-corrected chi connectivity index (χ3v) is 10.1. The molecule has 1 fully saturated rings. The number of rotatable bonds is 11. The summed E-state index contributed by atoms with van der Waals surface area (Å²) in [5.74, 6) is -1.58. The Morgan fingerprint density at radius 1 is 1.06 bits per heavy atom. The van der Waals surface area contributed by atoms with Crippen molar-refractivity contribution in [2.75, 3.05) is 16.3 Å². The maximum absolute atomic E-state index is 14.4. The van der Waals surface area contributed by atoms with Crippen molar-refractivity contribution in [3.63, 3.8) is 0 Å². The minimum atomic E-state index is -1.55. The molecule has 50 heavy (non-hydrogen) atoms. The minimum Gasteiger partial charge on any atom is -0.465 e. The quantitative estimate of drug-likeness (QED) is 0.177. The SMILES string of the molecule is CC(C)n1cc(C[C@@H](NC(=O)C(C)(C)NC(=O)O)C(=O)NC2Cc3cccc(N4CCCC4=O)c3N(Cc3ccsc3)C2=O)c2ccccc21. The van der Waals surface area contributed by atoms with Crippen molar-refractivity contribution in [3.05, 3.63) is 82.2 Å². The smallest absolute Gasteiger partial charge is 0.405 e. The Hall–Kier alpha value is -5.17. The molecule has 4 aromatic rings. The van der Waals surface area contributed by atoms with Crippen molar-refractivity contribution >= 4 is 63.3 Å². The van der Waals surface area contributed by atoms with Crippen LogP contribution < -0.4 is 25.8 Å². The normalized spacial score (nSPS) is 16.9. The molecule has 5 amide bonds. The van der Waals surface area contributed by atoms with Crippen LogP contribution in [0.2, 0.25) is 0 Å². The molecule has 0 spiro atoms. The zero-order chi connectivity index (χ0) is 35.7. The van der Waals surface area contributed by atoms with Crippen LogP contribution in [0.1, 0.15) is 63.3 Å². The fraction of sp³-hybridized carbons (Fsp3) is 0.378. The number of nitrogens with one attached hydrogen (secondary N) is 3. The van der Waals surface area contributed by atoms with Crippen LogP contribution in [0, 0.1) is 0 Å². The van der Waals surface area contributed by atoms with E-state index in [-0.39, 0.29) is 37.2 Å². The molecule has 0 bridgehead atoms. The Morgan fingerprint density at radius 3 is 2.52 bits per heavy atom. The van der Waals surface area contributed by atoms with E-state index >= 15 is 0 Å². The van der Waals surface area contributed by atoms with Gasteiger partial charge < -0.3 is 35.4 Å². The Morgan fingerprint density at radius 2 is 1.84 bits per heavy atom. The predicted molar refractivity (Wildman–Crippen MR) is 192 cm³/mol. The zero-order valence-corrected chi connectivity index (χ0v) is 29.4. The zero-order valence-electron chi connectivity index (χ0n) is 28.6. The number of hydrogen-bond acceptors (Lipinski definition) is 6. The van der Waals surface area contributed by atoms with E-state index in [1.165, 1.54) is 25.2 Å². The molecule has 6 rings (SSSR count). The lowest BCUT2D eigenvalue weighted by Gasteiger charge is -2.37. The van der Waals surface area contributed by atoms with Gasteiger partial charge in [-0.25, -0.2) is 4.79 Å². The molecule has 2 aromatic carbocycles. The van der Waals surface area contributed by atoms with Crippen LogP contribution in [-0.2, 0) is 38.6 Å². The summed E-state index contributed by atoms with van der Waals surface area (Å²) in [5.41, 5.74) is 3.33. The van der Waals surface area contributed by atoms with Crippen molar-refractivity contribution < 1.29 is 29.1 Å². The molecular formula is C37H42N6O6S. The highest BCUT2D eigenvalue weighted by molar-refractivity contribution is 7.07. The summed E-state index contributed by atoms with van der Waals surface area (Å²) in [5, 5.41) is 22.1. The molecule has 12 nitrogen and oxygen atoms in total. The minimum absolute atomic E-state index is 0.00878. The highest BCUT2D eigenvalue weighted by atomic mass is 32.1. The van der Waals surface area contributed by atoms with E-state index in [2.05, 4.69) is 34.4 Å². The average molecular weight is 699 g/mol. The first-order valence-corrected chi connectivity index (χ1v) is 17.7. The molecule has 2 aromatic heterocycles. The highest BCUT2D eigenvalue weighted by Crippen LogP contribution is 2.40. The second kappa shape index (κ2) is 14.0. The van der Waals surface area contributed by atoms with Crippen LogP contribution in [0.5, 0.6) is 0 Å². The van der Waals surface area contributed by atoms with E-state index in [1.54, 1.807) is 9.80 Å². The van der Waals surface area contributed by atoms with Gasteiger partial charge in [0, 0.05) is 48.9 Å². The van der Waals surface area contributed by atoms with Crippen molar-refractivity contribution in [3.8, 4) is 0 Å². The van der Waals surface area contributed by atoms with Crippen molar-refractivity contribution in [1.29, 1.82) is 0 Å². The van der Waals surface area contributed by atoms with Crippen molar-refractivity contribution in [1.82, 2.24) is 20.5 Å². The predicted octanol–water partition coefficient (Wildman–Crippen LogP) is 4.76. The van der Waals surface area contributed by atoms with Crippen LogP contribution >= 0.6 is 11.3 Å².